The van der Waals surface area contributed by atoms with Crippen LogP contribution in [0, 0.1) is 12.7 Å². The molecule has 188 valence electrons. The molecule has 4 rings (SSSR count). The Morgan fingerprint density at radius 2 is 2.03 bits per heavy atom. The molecular formula is C27H29ClFN5O2. The lowest BCUT2D eigenvalue weighted by Gasteiger charge is -2.19. The predicted molar refractivity (Wildman–Crippen MR) is 140 cm³/mol. The maximum absolute atomic E-state index is 14.8. The molecule has 0 aliphatic heterocycles. The molecule has 2 aromatic carbocycles. The molecular weight excluding hydrogens is 481 g/mol. The number of amides is 1. The third-order valence-corrected chi connectivity index (χ3v) is 6.33. The number of benzene rings is 2. The lowest BCUT2D eigenvalue weighted by atomic mass is 10.0. The number of likely N-dealkylation sites (N-methyl/N-ethyl adjacent to an activating group) is 1. The number of pyridine rings is 1. The van der Waals surface area contributed by atoms with E-state index < -0.39 is 5.82 Å². The van der Waals surface area contributed by atoms with Gasteiger partial charge in [-0.2, -0.15) is 5.10 Å². The van der Waals surface area contributed by atoms with E-state index in [0.717, 1.165) is 17.8 Å². The van der Waals surface area contributed by atoms with Crippen LogP contribution in [0.3, 0.4) is 0 Å². The molecule has 0 aliphatic rings. The summed E-state index contributed by atoms with van der Waals surface area (Å²) in [5.41, 5.74) is 4.06. The Labute approximate surface area is 214 Å². The van der Waals surface area contributed by atoms with Crippen molar-refractivity contribution in [1.29, 1.82) is 0 Å². The molecule has 0 spiro atoms. The summed E-state index contributed by atoms with van der Waals surface area (Å²) in [5, 5.41) is 8.47. The van der Waals surface area contributed by atoms with Crippen molar-refractivity contribution in [1.82, 2.24) is 25.0 Å². The fraction of sp³-hybridized carbons (Fsp3) is 0.296. The van der Waals surface area contributed by atoms with Gasteiger partial charge in [0.25, 0.3) is 5.91 Å². The quantitative estimate of drug-likeness (QED) is 0.318. The minimum Gasteiger partial charge on any atom is -0.489 e. The van der Waals surface area contributed by atoms with Crippen LogP contribution in [0.2, 0.25) is 5.02 Å². The van der Waals surface area contributed by atoms with Crippen LogP contribution in [0.1, 0.15) is 28.5 Å². The van der Waals surface area contributed by atoms with Crippen LogP contribution in [-0.2, 0) is 13.1 Å². The highest BCUT2D eigenvalue weighted by Gasteiger charge is 2.20. The molecule has 0 bridgehead atoms. The Bertz CT molecular complexity index is 1400. The van der Waals surface area contributed by atoms with Crippen LogP contribution in [0.4, 0.5) is 4.39 Å². The number of hydrogen-bond donors (Lipinski definition) is 1. The average Bonchev–Trinajstić information content (AvgIpc) is 3.22. The number of nitrogens with zero attached hydrogens (tertiary/aromatic N) is 4. The lowest BCUT2D eigenvalue weighted by Crippen LogP contribution is -2.26. The van der Waals surface area contributed by atoms with Gasteiger partial charge in [-0.25, -0.2) is 9.37 Å². The number of hydrogen-bond acceptors (Lipinski definition) is 5. The Morgan fingerprint density at radius 1 is 1.22 bits per heavy atom. The van der Waals surface area contributed by atoms with Gasteiger partial charge in [0.2, 0.25) is 0 Å². The van der Waals surface area contributed by atoms with Crippen molar-refractivity contribution in [2.75, 3.05) is 27.2 Å². The molecule has 0 fully saturated rings. The van der Waals surface area contributed by atoms with Crippen molar-refractivity contribution < 1.29 is 13.9 Å². The van der Waals surface area contributed by atoms with Crippen molar-refractivity contribution in [3.8, 4) is 17.0 Å². The summed E-state index contributed by atoms with van der Waals surface area (Å²) < 4.78 is 22.1. The van der Waals surface area contributed by atoms with Crippen molar-refractivity contribution in [3.05, 3.63) is 76.3 Å². The number of carbonyl (C=O) groups is 1. The smallest absolute Gasteiger partial charge is 0.254 e. The predicted octanol–water partition coefficient (Wildman–Crippen LogP) is 5.09. The van der Waals surface area contributed by atoms with Crippen LogP contribution in [-0.4, -0.2) is 52.8 Å². The zero-order chi connectivity index (χ0) is 25.8. The summed E-state index contributed by atoms with van der Waals surface area (Å²) in [4.78, 5) is 20.0. The van der Waals surface area contributed by atoms with Crippen molar-refractivity contribution in [2.45, 2.75) is 26.9 Å². The summed E-state index contributed by atoms with van der Waals surface area (Å²) in [6.07, 6.45) is 1.79. The van der Waals surface area contributed by atoms with Gasteiger partial charge in [-0.15, -0.1) is 0 Å². The van der Waals surface area contributed by atoms with Gasteiger partial charge < -0.3 is 15.0 Å². The first-order chi connectivity index (χ1) is 17.3. The number of aryl methyl sites for hydroxylation is 1. The molecule has 1 N–H and O–H groups in total. The van der Waals surface area contributed by atoms with Gasteiger partial charge >= 0.3 is 0 Å². The standard InChI is InChI=1S/C27H29ClFN5O2/c1-5-34-17(2)19(15-31-34)16-33(4)27(35)22-14-25(32-24-8-7-20(28)13-21(22)24)18-6-9-26(23(29)12-18)36-11-10-30-3/h6-9,12-15,30H,5,10-11,16H2,1-4H3. The minimum absolute atomic E-state index is 0.167. The van der Waals surface area contributed by atoms with E-state index in [1.165, 1.54) is 6.07 Å². The second-order valence-electron chi connectivity index (χ2n) is 8.55. The van der Waals surface area contributed by atoms with E-state index in [1.54, 1.807) is 61.6 Å². The van der Waals surface area contributed by atoms with E-state index in [4.69, 9.17) is 16.3 Å². The molecule has 0 atom stereocenters. The van der Waals surface area contributed by atoms with Crippen LogP contribution in [0.15, 0.2) is 48.7 Å². The van der Waals surface area contributed by atoms with Gasteiger partial charge in [-0.1, -0.05) is 11.6 Å². The van der Waals surface area contributed by atoms with Gasteiger partial charge in [0.05, 0.1) is 23.0 Å². The normalized spacial score (nSPS) is 11.2. The van der Waals surface area contributed by atoms with Crippen LogP contribution < -0.4 is 10.1 Å². The van der Waals surface area contributed by atoms with E-state index in [0.29, 0.717) is 52.4 Å². The fourth-order valence-electron chi connectivity index (χ4n) is 4.06. The molecule has 1 amide bonds. The van der Waals surface area contributed by atoms with Crippen LogP contribution >= 0.6 is 11.6 Å². The summed E-state index contributed by atoms with van der Waals surface area (Å²) >= 11 is 6.26. The number of rotatable bonds is 9. The van der Waals surface area contributed by atoms with Crippen molar-refractivity contribution in [3.63, 3.8) is 0 Å². The number of ether oxygens (including phenoxy) is 1. The third kappa shape index (κ3) is 5.34. The van der Waals surface area contributed by atoms with Gasteiger partial charge in [0.1, 0.15) is 6.61 Å². The Balaban J connectivity index is 1.71. The van der Waals surface area contributed by atoms with E-state index in [9.17, 15) is 9.18 Å². The lowest BCUT2D eigenvalue weighted by molar-refractivity contribution is 0.0787. The maximum atomic E-state index is 14.8. The molecule has 2 aromatic heterocycles. The summed E-state index contributed by atoms with van der Waals surface area (Å²) in [7, 11) is 3.55. The van der Waals surface area contributed by atoms with Crippen LogP contribution in [0.5, 0.6) is 5.75 Å². The average molecular weight is 510 g/mol. The molecule has 0 unspecified atom stereocenters. The Morgan fingerprint density at radius 3 is 2.72 bits per heavy atom. The highest BCUT2D eigenvalue weighted by Crippen LogP contribution is 2.30. The molecule has 2 heterocycles. The Hall–Kier alpha value is -3.49. The summed E-state index contributed by atoms with van der Waals surface area (Å²) in [6.45, 7) is 6.13. The van der Waals surface area contributed by atoms with Crippen molar-refractivity contribution in [2.24, 2.45) is 0 Å². The summed E-state index contributed by atoms with van der Waals surface area (Å²) in [5.74, 6) is -0.516. The second kappa shape index (κ2) is 11.1. The van der Waals surface area contributed by atoms with E-state index >= 15 is 0 Å². The molecule has 0 aliphatic carbocycles. The first-order valence-corrected chi connectivity index (χ1v) is 12.1. The molecule has 4 aromatic rings. The van der Waals surface area contributed by atoms with Gasteiger partial charge in [0, 0.05) is 53.9 Å². The largest absolute Gasteiger partial charge is 0.489 e. The van der Waals surface area contributed by atoms with Gasteiger partial charge in [-0.3, -0.25) is 9.48 Å². The van der Waals surface area contributed by atoms with Crippen LogP contribution in [0.25, 0.3) is 22.2 Å². The monoisotopic (exact) mass is 509 g/mol. The second-order valence-corrected chi connectivity index (χ2v) is 8.98. The molecule has 9 heteroatoms. The SMILES string of the molecule is CCn1ncc(CN(C)C(=O)c2cc(-c3ccc(OCCNC)c(F)c3)nc3ccc(Cl)cc23)c1C. The van der Waals surface area contributed by atoms with E-state index in [2.05, 4.69) is 15.4 Å². The van der Waals surface area contributed by atoms with Gasteiger partial charge in [0.15, 0.2) is 11.6 Å². The molecule has 0 radical (unpaired) electrons. The number of carbonyl (C=O) groups excluding carboxylic acids is 1. The van der Waals surface area contributed by atoms with E-state index in [-0.39, 0.29) is 11.7 Å². The zero-order valence-electron chi connectivity index (χ0n) is 20.8. The topological polar surface area (TPSA) is 72.3 Å². The van der Waals surface area contributed by atoms with Gasteiger partial charge in [-0.05, 0) is 63.4 Å². The highest BCUT2D eigenvalue weighted by atomic mass is 35.5. The first kappa shape index (κ1) is 25.6. The first-order valence-electron chi connectivity index (χ1n) is 11.8. The third-order valence-electron chi connectivity index (χ3n) is 6.10. The van der Waals surface area contributed by atoms with Crippen molar-refractivity contribution >= 4 is 28.4 Å². The number of aromatic nitrogens is 3. The maximum Gasteiger partial charge on any atom is 0.254 e. The minimum atomic E-state index is -0.491. The number of fused-ring (bicyclic) bond motifs is 1. The zero-order valence-corrected chi connectivity index (χ0v) is 21.6. The number of halogens is 2. The molecule has 0 saturated carbocycles. The molecule has 7 nitrogen and oxygen atoms in total. The number of nitrogens with one attached hydrogen (secondary N) is 1. The molecule has 0 saturated heterocycles. The van der Waals surface area contributed by atoms with E-state index in [1.807, 2.05) is 18.5 Å². The molecule has 36 heavy (non-hydrogen) atoms. The highest BCUT2D eigenvalue weighted by molar-refractivity contribution is 6.31. The Kier molecular flexibility index (Phi) is 7.86. The summed E-state index contributed by atoms with van der Waals surface area (Å²) in [6, 6.07) is 11.6. The fourth-order valence-corrected chi connectivity index (χ4v) is 4.23.